The van der Waals surface area contributed by atoms with Crippen LogP contribution in [0.2, 0.25) is 0 Å². The monoisotopic (exact) mass is 474 g/mol. The molecule has 2 heterocycles. The van der Waals surface area contributed by atoms with Gasteiger partial charge in [-0.1, -0.05) is 29.4 Å². The predicted molar refractivity (Wildman–Crippen MR) is 111 cm³/mol. The number of alkyl halides is 3. The minimum Gasteiger partial charge on any atom is -0.403 e. The molecular formula is C23H18F4N4O3. The molecule has 34 heavy (non-hydrogen) atoms. The normalized spacial score (nSPS) is 14.9. The van der Waals surface area contributed by atoms with Crippen LogP contribution in [-0.2, 0) is 12.1 Å². The molecule has 176 valence electrons. The van der Waals surface area contributed by atoms with E-state index in [1.165, 1.54) is 6.07 Å². The third kappa shape index (κ3) is 4.51. The van der Waals surface area contributed by atoms with Crippen molar-refractivity contribution >= 4 is 0 Å². The summed E-state index contributed by atoms with van der Waals surface area (Å²) < 4.78 is 61.6. The Kier molecular flexibility index (Phi) is 5.16. The van der Waals surface area contributed by atoms with Gasteiger partial charge in [-0.3, -0.25) is 4.68 Å². The van der Waals surface area contributed by atoms with E-state index in [1.54, 1.807) is 10.7 Å². The SMILES string of the molecule is Cc1cc(-c2nc(-c3ccc(OC(F)(F)F)c(F)c3)no2)nn1Cc1cccc(C2(O)CC2)c1. The van der Waals surface area contributed by atoms with Gasteiger partial charge in [0.25, 0.3) is 5.89 Å². The summed E-state index contributed by atoms with van der Waals surface area (Å²) >= 11 is 0. The lowest BCUT2D eigenvalue weighted by Crippen LogP contribution is -2.17. The molecule has 0 unspecified atom stereocenters. The largest absolute Gasteiger partial charge is 0.573 e. The summed E-state index contributed by atoms with van der Waals surface area (Å²) in [6, 6.07) is 12.3. The Bertz CT molecular complexity index is 1360. The zero-order valence-corrected chi connectivity index (χ0v) is 17.8. The second kappa shape index (κ2) is 7.94. The topological polar surface area (TPSA) is 86.2 Å². The average molecular weight is 474 g/mol. The lowest BCUT2D eigenvalue weighted by Gasteiger charge is -2.11. The van der Waals surface area contributed by atoms with Crippen LogP contribution in [0.4, 0.5) is 17.6 Å². The highest BCUT2D eigenvalue weighted by Crippen LogP contribution is 2.45. The van der Waals surface area contributed by atoms with Crippen molar-refractivity contribution < 1.29 is 31.9 Å². The zero-order valence-electron chi connectivity index (χ0n) is 17.8. The van der Waals surface area contributed by atoms with E-state index < -0.39 is 23.5 Å². The second-order valence-electron chi connectivity index (χ2n) is 8.18. The lowest BCUT2D eigenvalue weighted by atomic mass is 10.0. The van der Waals surface area contributed by atoms with Crippen molar-refractivity contribution in [3.63, 3.8) is 0 Å². The van der Waals surface area contributed by atoms with Gasteiger partial charge >= 0.3 is 6.36 Å². The molecule has 11 heteroatoms. The van der Waals surface area contributed by atoms with Gasteiger partial charge in [0.1, 0.15) is 0 Å². The molecule has 0 bridgehead atoms. The molecule has 2 aromatic carbocycles. The van der Waals surface area contributed by atoms with Gasteiger partial charge in [0.2, 0.25) is 5.82 Å². The highest BCUT2D eigenvalue weighted by Gasteiger charge is 2.42. The molecular weight excluding hydrogens is 456 g/mol. The van der Waals surface area contributed by atoms with Crippen LogP contribution in [0.15, 0.2) is 53.1 Å². The third-order valence-corrected chi connectivity index (χ3v) is 5.56. The molecule has 1 saturated carbocycles. The molecule has 0 atom stereocenters. The predicted octanol–water partition coefficient (Wildman–Crippen LogP) is 4.98. The summed E-state index contributed by atoms with van der Waals surface area (Å²) in [4.78, 5) is 4.20. The standard InChI is InChI=1S/C23H18F4N4O3/c1-13-9-18(29-31(13)12-14-3-2-4-16(10-14)22(32)7-8-22)21-28-20(30-34-21)15-5-6-19(17(24)11-15)33-23(25,26)27/h2-6,9-11,32H,7-8,12H2,1H3. The number of nitrogens with zero attached hydrogens (tertiary/aromatic N) is 4. The highest BCUT2D eigenvalue weighted by molar-refractivity contribution is 5.59. The highest BCUT2D eigenvalue weighted by atomic mass is 19.4. The summed E-state index contributed by atoms with van der Waals surface area (Å²) in [5, 5.41) is 18.6. The van der Waals surface area contributed by atoms with Gasteiger partial charge in [0.15, 0.2) is 17.3 Å². The van der Waals surface area contributed by atoms with Crippen molar-refractivity contribution in [1.82, 2.24) is 19.9 Å². The van der Waals surface area contributed by atoms with Crippen LogP contribution in [0.3, 0.4) is 0 Å². The van der Waals surface area contributed by atoms with E-state index in [1.807, 2.05) is 31.2 Å². The van der Waals surface area contributed by atoms with Crippen LogP contribution >= 0.6 is 0 Å². The fourth-order valence-corrected chi connectivity index (χ4v) is 3.61. The Morgan fingerprint density at radius 1 is 1.15 bits per heavy atom. The number of rotatable bonds is 6. The van der Waals surface area contributed by atoms with Crippen molar-refractivity contribution in [2.24, 2.45) is 0 Å². The number of aliphatic hydroxyl groups is 1. The van der Waals surface area contributed by atoms with Crippen LogP contribution in [0.1, 0.15) is 29.7 Å². The first-order valence-electron chi connectivity index (χ1n) is 10.4. The third-order valence-electron chi connectivity index (χ3n) is 5.56. The number of hydrogen-bond donors (Lipinski definition) is 1. The Balaban J connectivity index is 1.35. The van der Waals surface area contributed by atoms with E-state index in [2.05, 4.69) is 20.0 Å². The van der Waals surface area contributed by atoms with E-state index in [0.29, 0.717) is 12.2 Å². The molecule has 7 nitrogen and oxygen atoms in total. The minimum absolute atomic E-state index is 0.00922. The van der Waals surface area contributed by atoms with Crippen molar-refractivity contribution in [3.8, 4) is 28.7 Å². The second-order valence-corrected chi connectivity index (χ2v) is 8.18. The smallest absolute Gasteiger partial charge is 0.403 e. The first-order chi connectivity index (χ1) is 16.1. The summed E-state index contributed by atoms with van der Waals surface area (Å²) in [6.07, 6.45) is -3.50. The van der Waals surface area contributed by atoms with Crippen molar-refractivity contribution in [3.05, 3.63) is 71.2 Å². The van der Waals surface area contributed by atoms with Gasteiger partial charge in [0.05, 0.1) is 12.1 Å². The Morgan fingerprint density at radius 3 is 2.65 bits per heavy atom. The van der Waals surface area contributed by atoms with E-state index in [-0.39, 0.29) is 17.3 Å². The number of aryl methyl sites for hydroxylation is 1. The molecule has 5 rings (SSSR count). The quantitative estimate of drug-likeness (QED) is 0.397. The number of aromatic nitrogens is 4. The van der Waals surface area contributed by atoms with E-state index in [4.69, 9.17) is 4.52 Å². The zero-order chi connectivity index (χ0) is 24.1. The maximum Gasteiger partial charge on any atom is 0.573 e. The summed E-state index contributed by atoms with van der Waals surface area (Å²) in [7, 11) is 0. The van der Waals surface area contributed by atoms with Gasteiger partial charge < -0.3 is 14.4 Å². The maximum absolute atomic E-state index is 14.0. The number of hydrogen-bond acceptors (Lipinski definition) is 6. The molecule has 2 aromatic heterocycles. The van der Waals surface area contributed by atoms with Crippen LogP contribution in [-0.4, -0.2) is 31.4 Å². The molecule has 1 aliphatic rings. The molecule has 0 radical (unpaired) electrons. The van der Waals surface area contributed by atoms with Gasteiger partial charge in [0, 0.05) is 11.3 Å². The Hall–Kier alpha value is -3.73. The number of benzene rings is 2. The summed E-state index contributed by atoms with van der Waals surface area (Å²) in [5.74, 6) is -2.09. The molecule has 0 amide bonds. The minimum atomic E-state index is -5.00. The fraction of sp³-hybridized carbons (Fsp3) is 0.261. The van der Waals surface area contributed by atoms with Gasteiger partial charge in [-0.05, 0) is 55.2 Å². The average Bonchev–Trinajstić information content (AvgIpc) is 3.18. The summed E-state index contributed by atoms with van der Waals surface area (Å²) in [6.45, 7) is 2.32. The van der Waals surface area contributed by atoms with Crippen LogP contribution in [0, 0.1) is 12.7 Å². The van der Waals surface area contributed by atoms with Gasteiger partial charge in [-0.2, -0.15) is 10.1 Å². The van der Waals surface area contributed by atoms with Crippen molar-refractivity contribution in [1.29, 1.82) is 0 Å². The van der Waals surface area contributed by atoms with Crippen LogP contribution in [0.25, 0.3) is 23.0 Å². The first kappa shape index (κ1) is 22.1. The van der Waals surface area contributed by atoms with Crippen LogP contribution < -0.4 is 4.74 Å². The van der Waals surface area contributed by atoms with Gasteiger partial charge in [-0.15, -0.1) is 13.2 Å². The Morgan fingerprint density at radius 2 is 1.94 bits per heavy atom. The first-order valence-corrected chi connectivity index (χ1v) is 10.4. The van der Waals surface area contributed by atoms with E-state index in [0.717, 1.165) is 41.8 Å². The number of halogens is 4. The maximum atomic E-state index is 14.0. The van der Waals surface area contributed by atoms with Gasteiger partial charge in [-0.25, -0.2) is 4.39 Å². The molecule has 1 aliphatic carbocycles. The van der Waals surface area contributed by atoms with Crippen LogP contribution in [0.5, 0.6) is 5.75 Å². The van der Waals surface area contributed by atoms with Crippen molar-refractivity contribution in [2.75, 3.05) is 0 Å². The van der Waals surface area contributed by atoms with Crippen molar-refractivity contribution in [2.45, 2.75) is 38.3 Å². The Labute approximate surface area is 190 Å². The molecule has 4 aromatic rings. The van der Waals surface area contributed by atoms with E-state index >= 15 is 0 Å². The molecule has 1 N–H and O–H groups in total. The lowest BCUT2D eigenvalue weighted by molar-refractivity contribution is -0.275. The molecule has 0 saturated heterocycles. The van der Waals surface area contributed by atoms with E-state index in [9.17, 15) is 22.7 Å². The number of ether oxygens (including phenoxy) is 1. The fourth-order valence-electron chi connectivity index (χ4n) is 3.61. The summed E-state index contributed by atoms with van der Waals surface area (Å²) in [5.41, 5.74) is 2.47. The molecule has 0 aliphatic heterocycles. The molecule has 1 fully saturated rings. The molecule has 0 spiro atoms.